The van der Waals surface area contributed by atoms with Gasteiger partial charge in [-0.3, -0.25) is 14.1 Å². The molecule has 0 radical (unpaired) electrons. The second-order valence-electron chi connectivity index (χ2n) is 4.86. The summed E-state index contributed by atoms with van der Waals surface area (Å²) in [5.74, 6) is 0. The zero-order chi connectivity index (χ0) is 12.7. The summed E-state index contributed by atoms with van der Waals surface area (Å²) < 4.78 is 1.66. The van der Waals surface area contributed by atoms with Crippen LogP contribution < -0.4 is 11.3 Å². The molecule has 1 aliphatic heterocycles. The van der Waals surface area contributed by atoms with Gasteiger partial charge in [0, 0.05) is 42.8 Å². The fourth-order valence-corrected chi connectivity index (χ4v) is 3.31. The quantitative estimate of drug-likeness (QED) is 0.899. The molecule has 0 amide bonds. The Morgan fingerprint density at radius 1 is 1.58 bits per heavy atom. The van der Waals surface area contributed by atoms with Crippen molar-refractivity contribution in [3.63, 3.8) is 0 Å². The minimum atomic E-state index is 0. The summed E-state index contributed by atoms with van der Waals surface area (Å²) in [6.45, 7) is 4.53. The van der Waals surface area contributed by atoms with Gasteiger partial charge in [0.2, 0.25) is 0 Å². The first-order chi connectivity index (χ1) is 8.63. The average Bonchev–Trinajstić information content (AvgIpc) is 2.86. The highest BCUT2D eigenvalue weighted by Crippen LogP contribution is 2.14. The third-order valence-corrected chi connectivity index (χ3v) is 4.27. The predicted octanol–water partition coefficient (Wildman–Crippen LogP) is 1.02. The monoisotopic (exact) mass is 300 g/mol. The topological polar surface area (TPSA) is 63.6 Å². The lowest BCUT2D eigenvalue weighted by Gasteiger charge is -2.14. The summed E-state index contributed by atoms with van der Waals surface area (Å²) in [4.78, 5) is 19.6. The van der Waals surface area contributed by atoms with Gasteiger partial charge in [-0.15, -0.1) is 23.7 Å². The zero-order valence-electron chi connectivity index (χ0n) is 10.7. The smallest absolute Gasteiger partial charge is 0.259 e. The Kier molecular flexibility index (Phi) is 4.25. The number of nitrogens with zero attached hydrogens (tertiary/aromatic N) is 3. The van der Waals surface area contributed by atoms with E-state index >= 15 is 0 Å². The molecule has 5 nitrogen and oxygen atoms in total. The van der Waals surface area contributed by atoms with Crippen molar-refractivity contribution in [1.29, 1.82) is 0 Å². The van der Waals surface area contributed by atoms with Crippen molar-refractivity contribution in [2.24, 2.45) is 5.73 Å². The van der Waals surface area contributed by atoms with Gasteiger partial charge >= 0.3 is 0 Å². The Morgan fingerprint density at radius 2 is 2.37 bits per heavy atom. The van der Waals surface area contributed by atoms with E-state index in [1.165, 1.54) is 11.3 Å². The van der Waals surface area contributed by atoms with Gasteiger partial charge in [-0.1, -0.05) is 0 Å². The molecule has 0 bridgehead atoms. The normalized spacial score (nSPS) is 19.8. The number of rotatable bonds is 2. The van der Waals surface area contributed by atoms with Gasteiger partial charge in [0.05, 0.1) is 5.69 Å². The molecule has 1 aliphatic rings. The van der Waals surface area contributed by atoms with Crippen LogP contribution in [0.2, 0.25) is 0 Å². The molecule has 3 heterocycles. The highest BCUT2D eigenvalue weighted by Gasteiger charge is 2.19. The van der Waals surface area contributed by atoms with Crippen LogP contribution in [0.25, 0.3) is 4.96 Å². The summed E-state index contributed by atoms with van der Waals surface area (Å²) in [7, 11) is 0. The first kappa shape index (κ1) is 14.5. The van der Waals surface area contributed by atoms with Crippen LogP contribution in [0.5, 0.6) is 0 Å². The molecule has 1 fully saturated rings. The lowest BCUT2D eigenvalue weighted by molar-refractivity contribution is 0.323. The minimum absolute atomic E-state index is 0. The molecule has 3 rings (SSSR count). The number of hydrogen-bond acceptors (Lipinski definition) is 5. The van der Waals surface area contributed by atoms with Crippen molar-refractivity contribution >= 4 is 28.7 Å². The van der Waals surface area contributed by atoms with E-state index < -0.39 is 0 Å². The number of aromatic nitrogens is 2. The van der Waals surface area contributed by atoms with E-state index in [0.29, 0.717) is 0 Å². The van der Waals surface area contributed by atoms with Crippen molar-refractivity contribution in [2.75, 3.05) is 13.1 Å². The van der Waals surface area contributed by atoms with E-state index in [-0.39, 0.29) is 24.0 Å². The lowest BCUT2D eigenvalue weighted by Crippen LogP contribution is -2.27. The van der Waals surface area contributed by atoms with E-state index in [9.17, 15) is 4.79 Å². The largest absolute Gasteiger partial charge is 0.326 e. The third-order valence-electron chi connectivity index (χ3n) is 3.32. The molecule has 0 aromatic carbocycles. The number of halogens is 1. The molecule has 2 aromatic rings. The van der Waals surface area contributed by atoms with Gasteiger partial charge in [-0.2, -0.15) is 0 Å². The maximum atomic E-state index is 12.0. The van der Waals surface area contributed by atoms with Gasteiger partial charge in [-0.05, 0) is 13.3 Å². The van der Waals surface area contributed by atoms with Crippen molar-refractivity contribution in [1.82, 2.24) is 14.3 Å². The maximum absolute atomic E-state index is 12.0. The minimum Gasteiger partial charge on any atom is -0.326 e. The Hall–Kier alpha value is -0.950. The molecule has 0 saturated carbocycles. The molecule has 7 heteroatoms. The predicted molar refractivity (Wildman–Crippen MR) is 79.2 cm³/mol. The van der Waals surface area contributed by atoms with Crippen LogP contribution in [-0.2, 0) is 6.54 Å². The van der Waals surface area contributed by atoms with E-state index in [0.717, 1.165) is 42.4 Å². The molecule has 19 heavy (non-hydrogen) atoms. The fraction of sp³-hybridized carbons (Fsp3) is 0.500. The Balaban J connectivity index is 0.00000133. The van der Waals surface area contributed by atoms with Crippen LogP contribution >= 0.6 is 23.7 Å². The summed E-state index contributed by atoms with van der Waals surface area (Å²) in [6, 6.07) is 1.90. The van der Waals surface area contributed by atoms with Gasteiger partial charge in [0.15, 0.2) is 4.96 Å². The van der Waals surface area contributed by atoms with Gasteiger partial charge in [-0.25, -0.2) is 4.98 Å². The first-order valence-corrected chi connectivity index (χ1v) is 6.96. The van der Waals surface area contributed by atoms with E-state index in [1.807, 2.05) is 12.3 Å². The van der Waals surface area contributed by atoms with E-state index in [4.69, 9.17) is 5.73 Å². The summed E-state index contributed by atoms with van der Waals surface area (Å²) in [5, 5.41) is 1.96. The highest BCUT2D eigenvalue weighted by molar-refractivity contribution is 7.15. The number of hydrogen-bond donors (Lipinski definition) is 1. The maximum Gasteiger partial charge on any atom is 0.259 e. The number of likely N-dealkylation sites (tertiary alicyclic amines) is 1. The van der Waals surface area contributed by atoms with Crippen LogP contribution in [0.3, 0.4) is 0 Å². The SMILES string of the molecule is Cc1csc2nc(CN3CC[C@@H](N)C3)cc(=O)n12.Cl. The van der Waals surface area contributed by atoms with Gasteiger partial charge in [0.25, 0.3) is 5.56 Å². The van der Waals surface area contributed by atoms with Crippen molar-refractivity contribution in [3.05, 3.63) is 33.2 Å². The van der Waals surface area contributed by atoms with Crippen molar-refractivity contribution in [3.8, 4) is 0 Å². The van der Waals surface area contributed by atoms with Crippen LogP contribution in [0.15, 0.2) is 16.2 Å². The molecule has 1 atom stereocenters. The first-order valence-electron chi connectivity index (χ1n) is 6.08. The van der Waals surface area contributed by atoms with Crippen LogP contribution in [0, 0.1) is 6.92 Å². The number of aryl methyl sites for hydroxylation is 1. The number of fused-ring (bicyclic) bond motifs is 1. The number of nitrogens with two attached hydrogens (primary N) is 1. The van der Waals surface area contributed by atoms with E-state index in [1.54, 1.807) is 10.5 Å². The Bertz CT molecular complexity index is 638. The Morgan fingerprint density at radius 3 is 3.05 bits per heavy atom. The molecule has 1 saturated heterocycles. The summed E-state index contributed by atoms with van der Waals surface area (Å²) in [6.07, 6.45) is 1.03. The van der Waals surface area contributed by atoms with E-state index in [2.05, 4.69) is 9.88 Å². The van der Waals surface area contributed by atoms with Gasteiger partial charge in [0.1, 0.15) is 0 Å². The fourth-order valence-electron chi connectivity index (χ4n) is 2.42. The highest BCUT2D eigenvalue weighted by atomic mass is 35.5. The second kappa shape index (κ2) is 5.58. The summed E-state index contributed by atoms with van der Waals surface area (Å²) >= 11 is 1.51. The van der Waals surface area contributed by atoms with Crippen molar-refractivity contribution in [2.45, 2.75) is 25.9 Å². The lowest BCUT2D eigenvalue weighted by atomic mass is 10.3. The number of thiazole rings is 1. The van der Waals surface area contributed by atoms with Crippen LogP contribution in [0.4, 0.5) is 0 Å². The Labute approximate surface area is 121 Å². The molecular formula is C12H17ClN4OS. The average molecular weight is 301 g/mol. The zero-order valence-corrected chi connectivity index (χ0v) is 12.3. The standard InChI is InChI=1S/C12H16N4OS.ClH/c1-8-7-18-12-14-10(4-11(17)16(8)12)6-15-3-2-9(13)5-15;/h4,7,9H,2-3,5-6,13H2,1H3;1H/t9-;/m1./s1. The van der Waals surface area contributed by atoms with Crippen LogP contribution in [0.1, 0.15) is 17.8 Å². The molecular weight excluding hydrogens is 284 g/mol. The molecule has 0 spiro atoms. The van der Waals surface area contributed by atoms with Crippen molar-refractivity contribution < 1.29 is 0 Å². The third kappa shape index (κ3) is 2.81. The molecule has 2 aromatic heterocycles. The molecule has 0 unspecified atom stereocenters. The molecule has 2 N–H and O–H groups in total. The van der Waals surface area contributed by atoms with Crippen LogP contribution in [-0.4, -0.2) is 33.4 Å². The molecule has 104 valence electrons. The van der Waals surface area contributed by atoms with Gasteiger partial charge < -0.3 is 5.73 Å². The second-order valence-corrected chi connectivity index (χ2v) is 5.70. The summed E-state index contributed by atoms with van der Waals surface area (Å²) in [5.41, 5.74) is 7.68. The molecule has 0 aliphatic carbocycles.